The molecule has 5 rings (SSSR count). The fourth-order valence-corrected chi connectivity index (χ4v) is 4.52. The lowest BCUT2D eigenvalue weighted by Gasteiger charge is -2.33. The van der Waals surface area contributed by atoms with E-state index >= 15 is 0 Å². The van der Waals surface area contributed by atoms with Crippen LogP contribution in [-0.2, 0) is 16.0 Å². The van der Waals surface area contributed by atoms with E-state index in [2.05, 4.69) is 4.98 Å². The number of fused-ring (bicyclic) bond motifs is 1. The summed E-state index contributed by atoms with van der Waals surface area (Å²) in [5.74, 6) is 1.13. The molecule has 1 aliphatic rings. The maximum atomic E-state index is 13.2. The third-order valence-electron chi connectivity index (χ3n) is 5.34. The summed E-state index contributed by atoms with van der Waals surface area (Å²) in [6, 6.07) is 24.4. The second-order valence-electron chi connectivity index (χ2n) is 7.74. The Kier molecular flexibility index (Phi) is 5.97. The van der Waals surface area contributed by atoms with E-state index in [1.54, 1.807) is 23.1 Å². The van der Waals surface area contributed by atoms with E-state index in [0.717, 1.165) is 16.3 Å². The van der Waals surface area contributed by atoms with Crippen LogP contribution in [0.5, 0.6) is 17.2 Å². The summed E-state index contributed by atoms with van der Waals surface area (Å²) < 4.78 is 11.6. The van der Waals surface area contributed by atoms with E-state index in [0.29, 0.717) is 22.9 Å². The van der Waals surface area contributed by atoms with E-state index < -0.39 is 12.0 Å². The number of amides is 2. The van der Waals surface area contributed by atoms with Crippen LogP contribution in [0.15, 0.2) is 84.2 Å². The van der Waals surface area contributed by atoms with Crippen molar-refractivity contribution in [3.8, 4) is 27.8 Å². The Bertz CT molecular complexity index is 1340. The van der Waals surface area contributed by atoms with Gasteiger partial charge in [0, 0.05) is 10.9 Å². The highest BCUT2D eigenvalue weighted by Gasteiger charge is 2.32. The number of anilines is 1. The van der Waals surface area contributed by atoms with Crippen molar-refractivity contribution in [2.24, 2.45) is 5.73 Å². The summed E-state index contributed by atoms with van der Waals surface area (Å²) in [4.78, 5) is 31.1. The number of nitrogens with zero attached hydrogens (tertiary/aromatic N) is 2. The Morgan fingerprint density at radius 1 is 1.03 bits per heavy atom. The van der Waals surface area contributed by atoms with Crippen LogP contribution in [-0.4, -0.2) is 29.4 Å². The second-order valence-corrected chi connectivity index (χ2v) is 8.60. The van der Waals surface area contributed by atoms with Crippen molar-refractivity contribution in [1.82, 2.24) is 4.98 Å². The molecule has 0 aliphatic carbocycles. The molecule has 0 fully saturated rings. The summed E-state index contributed by atoms with van der Waals surface area (Å²) in [7, 11) is 0. The molecule has 1 aliphatic heterocycles. The van der Waals surface area contributed by atoms with Gasteiger partial charge < -0.3 is 20.1 Å². The smallest absolute Gasteiger partial charge is 0.260 e. The number of hydrogen-bond acceptors (Lipinski definition) is 6. The monoisotopic (exact) mass is 471 g/mol. The minimum absolute atomic E-state index is 0.0705. The molecule has 1 atom stereocenters. The number of hydrogen-bond donors (Lipinski definition) is 1. The lowest BCUT2D eigenvalue weighted by atomic mass is 10.1. The van der Waals surface area contributed by atoms with Crippen molar-refractivity contribution >= 4 is 28.8 Å². The number of primary amides is 1. The maximum Gasteiger partial charge on any atom is 0.260 e. The average molecular weight is 472 g/mol. The Labute approximate surface area is 200 Å². The largest absolute Gasteiger partial charge is 0.477 e. The van der Waals surface area contributed by atoms with E-state index in [1.165, 1.54) is 11.3 Å². The van der Waals surface area contributed by atoms with E-state index in [9.17, 15) is 9.59 Å². The van der Waals surface area contributed by atoms with Crippen LogP contribution in [0.25, 0.3) is 10.6 Å². The van der Waals surface area contributed by atoms with Crippen molar-refractivity contribution < 1.29 is 19.1 Å². The number of nitrogens with two attached hydrogens (primary N) is 1. The number of aromatic nitrogens is 1. The number of benzene rings is 3. The summed E-state index contributed by atoms with van der Waals surface area (Å²) in [5.41, 5.74) is 7.62. The second kappa shape index (κ2) is 9.36. The molecule has 0 saturated carbocycles. The molecule has 2 N–H and O–H groups in total. The Morgan fingerprint density at radius 2 is 1.79 bits per heavy atom. The topological polar surface area (TPSA) is 94.8 Å². The molecule has 34 heavy (non-hydrogen) atoms. The summed E-state index contributed by atoms with van der Waals surface area (Å²) >= 11 is 1.46. The van der Waals surface area contributed by atoms with Gasteiger partial charge >= 0.3 is 0 Å². The van der Waals surface area contributed by atoms with Gasteiger partial charge in [-0.1, -0.05) is 42.5 Å². The fraction of sp³-hybridized carbons (Fsp3) is 0.115. The van der Waals surface area contributed by atoms with E-state index in [1.807, 2.05) is 66.0 Å². The minimum atomic E-state index is -0.891. The lowest BCUT2D eigenvalue weighted by molar-refractivity contribution is -0.125. The van der Waals surface area contributed by atoms with Crippen molar-refractivity contribution in [2.45, 2.75) is 12.5 Å². The molecule has 0 spiro atoms. The minimum Gasteiger partial charge on any atom is -0.477 e. The number of thiazole rings is 1. The Morgan fingerprint density at radius 3 is 2.62 bits per heavy atom. The summed E-state index contributed by atoms with van der Waals surface area (Å²) in [6.07, 6.45) is -0.798. The first-order chi connectivity index (χ1) is 16.6. The molecule has 4 aromatic rings. The van der Waals surface area contributed by atoms with Gasteiger partial charge in [0.05, 0.1) is 24.3 Å². The van der Waals surface area contributed by atoms with Gasteiger partial charge in [-0.05, 0) is 36.4 Å². The van der Waals surface area contributed by atoms with Crippen LogP contribution >= 0.6 is 11.3 Å². The van der Waals surface area contributed by atoms with Crippen molar-refractivity contribution in [3.05, 3.63) is 89.9 Å². The maximum absolute atomic E-state index is 13.2. The molecule has 8 heteroatoms. The summed E-state index contributed by atoms with van der Waals surface area (Å²) in [5, 5.41) is 2.66. The van der Waals surface area contributed by atoms with Crippen molar-refractivity contribution in [1.29, 1.82) is 0 Å². The normalized spacial score (nSPS) is 14.7. The first-order valence-corrected chi connectivity index (χ1v) is 11.6. The van der Waals surface area contributed by atoms with Gasteiger partial charge in [0.15, 0.2) is 6.10 Å². The van der Waals surface area contributed by atoms with Crippen LogP contribution in [0.3, 0.4) is 0 Å². The molecule has 0 radical (unpaired) electrons. The van der Waals surface area contributed by atoms with Crippen LogP contribution in [0.2, 0.25) is 0 Å². The zero-order valence-electron chi connectivity index (χ0n) is 18.1. The molecule has 0 saturated heterocycles. The highest BCUT2D eigenvalue weighted by atomic mass is 32.1. The summed E-state index contributed by atoms with van der Waals surface area (Å²) in [6.45, 7) is 0.0705. The van der Waals surface area contributed by atoms with Gasteiger partial charge in [0.1, 0.15) is 22.3 Å². The predicted molar refractivity (Wildman–Crippen MR) is 130 cm³/mol. The molecule has 0 bridgehead atoms. The van der Waals surface area contributed by atoms with Crippen molar-refractivity contribution in [2.75, 3.05) is 11.4 Å². The number of carbonyl (C=O) groups excluding carboxylic acids is 2. The molecule has 3 aromatic carbocycles. The highest BCUT2D eigenvalue weighted by Crippen LogP contribution is 2.34. The first-order valence-electron chi connectivity index (χ1n) is 10.7. The van der Waals surface area contributed by atoms with Crippen LogP contribution in [0, 0.1) is 0 Å². The Balaban J connectivity index is 1.32. The fourth-order valence-electron chi connectivity index (χ4n) is 3.71. The SMILES string of the molecule is NC(=O)C1CN(C(=O)Cc2csc(-c3cccc(Oc4ccccc4)c3)n2)c2ccccc2O1. The van der Waals surface area contributed by atoms with Crippen molar-refractivity contribution in [3.63, 3.8) is 0 Å². The number of carbonyl (C=O) groups is 2. The molecule has 1 unspecified atom stereocenters. The highest BCUT2D eigenvalue weighted by molar-refractivity contribution is 7.13. The van der Waals surface area contributed by atoms with Gasteiger partial charge in [0.2, 0.25) is 5.91 Å². The molecule has 7 nitrogen and oxygen atoms in total. The molecule has 1 aromatic heterocycles. The van der Waals surface area contributed by atoms with E-state index in [4.69, 9.17) is 15.2 Å². The third kappa shape index (κ3) is 4.62. The standard InChI is InChI=1S/C26H21N3O4S/c27-25(31)23-15-29(21-11-4-5-12-22(21)33-23)24(30)14-18-16-34-26(28-18)17-7-6-10-20(13-17)32-19-8-2-1-3-9-19/h1-13,16,23H,14-15H2,(H2,27,31). The molecule has 2 amide bonds. The predicted octanol–water partition coefficient (Wildman–Crippen LogP) is 4.42. The molecular weight excluding hydrogens is 450 g/mol. The van der Waals surface area contributed by atoms with Crippen LogP contribution in [0.1, 0.15) is 5.69 Å². The van der Waals surface area contributed by atoms with Crippen LogP contribution in [0.4, 0.5) is 5.69 Å². The molecule has 170 valence electrons. The number of para-hydroxylation sites is 3. The Hall–Kier alpha value is -4.17. The number of rotatable bonds is 6. The lowest BCUT2D eigenvalue weighted by Crippen LogP contribution is -2.49. The number of ether oxygens (including phenoxy) is 2. The molecular formula is C26H21N3O4S. The molecule has 2 heterocycles. The van der Waals surface area contributed by atoms with Gasteiger partial charge in [0.25, 0.3) is 5.91 Å². The van der Waals surface area contributed by atoms with Gasteiger partial charge in [-0.3, -0.25) is 9.59 Å². The zero-order valence-corrected chi connectivity index (χ0v) is 18.9. The van der Waals surface area contributed by atoms with Gasteiger partial charge in [-0.15, -0.1) is 11.3 Å². The van der Waals surface area contributed by atoms with Gasteiger partial charge in [-0.2, -0.15) is 0 Å². The van der Waals surface area contributed by atoms with Gasteiger partial charge in [-0.25, -0.2) is 4.98 Å². The van der Waals surface area contributed by atoms with Crippen LogP contribution < -0.4 is 20.1 Å². The average Bonchev–Trinajstić information content (AvgIpc) is 3.32. The third-order valence-corrected chi connectivity index (χ3v) is 6.28. The quantitative estimate of drug-likeness (QED) is 0.449. The van der Waals surface area contributed by atoms with E-state index in [-0.39, 0.29) is 18.9 Å². The first kappa shape index (κ1) is 21.7. The zero-order chi connectivity index (χ0) is 23.5.